The summed E-state index contributed by atoms with van der Waals surface area (Å²) < 4.78 is 58.4. The molecule has 1 aliphatic heterocycles. The van der Waals surface area contributed by atoms with Gasteiger partial charge in [-0.25, -0.2) is 16.8 Å². The normalized spacial score (nSPS) is 16.4. The van der Waals surface area contributed by atoms with Crippen molar-refractivity contribution in [1.82, 2.24) is 9.21 Å². The van der Waals surface area contributed by atoms with Crippen LogP contribution in [0.25, 0.3) is 0 Å². The number of amides is 1. The van der Waals surface area contributed by atoms with E-state index in [9.17, 15) is 21.6 Å². The molecule has 198 valence electrons. The molecule has 36 heavy (non-hydrogen) atoms. The maximum atomic E-state index is 13.3. The molecule has 1 fully saturated rings. The molecule has 1 heterocycles. The van der Waals surface area contributed by atoms with Gasteiger partial charge in [-0.3, -0.25) is 9.10 Å². The van der Waals surface area contributed by atoms with Gasteiger partial charge in [0.25, 0.3) is 5.91 Å². The van der Waals surface area contributed by atoms with Crippen LogP contribution in [0, 0.1) is 6.92 Å². The van der Waals surface area contributed by atoms with Crippen molar-refractivity contribution in [3.63, 3.8) is 0 Å². The van der Waals surface area contributed by atoms with Crippen LogP contribution >= 0.6 is 0 Å². The van der Waals surface area contributed by atoms with E-state index in [-0.39, 0.29) is 4.90 Å². The lowest BCUT2D eigenvalue weighted by atomic mass is 10.2. The number of hydrogen-bond donors (Lipinski definition) is 1. The van der Waals surface area contributed by atoms with E-state index in [0.717, 1.165) is 10.6 Å². The van der Waals surface area contributed by atoms with Gasteiger partial charge in [0, 0.05) is 38.9 Å². The minimum absolute atomic E-state index is 0.171. The summed E-state index contributed by atoms with van der Waals surface area (Å²) in [6.45, 7) is 5.69. The highest BCUT2D eigenvalue weighted by atomic mass is 32.2. The number of nitrogens with one attached hydrogen (secondary N) is 1. The van der Waals surface area contributed by atoms with E-state index in [1.54, 1.807) is 50.2 Å². The van der Waals surface area contributed by atoms with Crippen molar-refractivity contribution < 1.29 is 26.4 Å². The second-order valence-electron chi connectivity index (χ2n) is 8.92. The quantitative estimate of drug-likeness (QED) is 0.520. The molecule has 0 spiro atoms. The van der Waals surface area contributed by atoms with Crippen molar-refractivity contribution in [2.45, 2.75) is 31.3 Å². The third-order valence-electron chi connectivity index (χ3n) is 6.18. The van der Waals surface area contributed by atoms with Gasteiger partial charge in [-0.2, -0.15) is 4.31 Å². The fourth-order valence-electron chi connectivity index (χ4n) is 3.76. The van der Waals surface area contributed by atoms with Crippen LogP contribution in [-0.2, 0) is 24.8 Å². The number of nitrogens with zero attached hydrogens (tertiary/aromatic N) is 3. The molecule has 2 aromatic carbocycles. The molecule has 1 saturated heterocycles. The van der Waals surface area contributed by atoms with Crippen LogP contribution in [0.1, 0.15) is 18.9 Å². The lowest BCUT2D eigenvalue weighted by Gasteiger charge is -2.32. The van der Waals surface area contributed by atoms with E-state index in [0.29, 0.717) is 55.3 Å². The second-order valence-corrected chi connectivity index (χ2v) is 12.8. The Morgan fingerprint density at radius 2 is 1.67 bits per heavy atom. The van der Waals surface area contributed by atoms with Crippen LogP contribution in [0.5, 0.6) is 5.75 Å². The van der Waals surface area contributed by atoms with Gasteiger partial charge in [0.05, 0.1) is 16.8 Å². The van der Waals surface area contributed by atoms with Gasteiger partial charge in [0.2, 0.25) is 20.0 Å². The smallest absolute Gasteiger partial charge is 0.265 e. The molecule has 1 aliphatic rings. The Kier molecular flexibility index (Phi) is 8.65. The zero-order chi connectivity index (χ0) is 26.7. The summed E-state index contributed by atoms with van der Waals surface area (Å²) in [6.07, 6.45) is 0.652. The standard InChI is InChI=1S/C24H34N4O6S2/c1-6-22(34-21-11-9-20(10-12-21)27(4)35(5,30)31)24(29)25-19-8-7-18(2)23(17-19)36(32,33)28-15-13-26(3)14-16-28/h7-12,17,22H,6,13-16H2,1-5H3,(H,25,29)/t22-/m1/s1. The molecule has 10 nitrogen and oxygen atoms in total. The van der Waals surface area contributed by atoms with Gasteiger partial charge >= 0.3 is 0 Å². The first-order valence-electron chi connectivity index (χ1n) is 11.6. The molecule has 3 rings (SSSR count). The summed E-state index contributed by atoms with van der Waals surface area (Å²) in [6, 6.07) is 11.2. The number of aryl methyl sites for hydroxylation is 1. The maximum absolute atomic E-state index is 13.3. The fourth-order valence-corrected chi connectivity index (χ4v) is 5.94. The number of carbonyl (C=O) groups is 1. The van der Waals surface area contributed by atoms with E-state index in [2.05, 4.69) is 10.2 Å². The Morgan fingerprint density at radius 1 is 1.06 bits per heavy atom. The van der Waals surface area contributed by atoms with Gasteiger partial charge in [-0.05, 0) is 62.4 Å². The first kappa shape index (κ1) is 27.9. The van der Waals surface area contributed by atoms with E-state index in [1.165, 1.54) is 17.4 Å². The Bertz CT molecular complexity index is 1290. The monoisotopic (exact) mass is 538 g/mol. The number of anilines is 2. The molecule has 1 N–H and O–H groups in total. The van der Waals surface area contributed by atoms with Gasteiger partial charge < -0.3 is 15.0 Å². The first-order chi connectivity index (χ1) is 16.8. The number of piperazine rings is 1. The minimum atomic E-state index is -3.69. The lowest BCUT2D eigenvalue weighted by molar-refractivity contribution is -0.122. The number of carbonyl (C=O) groups excluding carboxylic acids is 1. The van der Waals surface area contributed by atoms with Crippen LogP contribution in [0.3, 0.4) is 0 Å². The van der Waals surface area contributed by atoms with Crippen molar-refractivity contribution in [2.75, 3.05) is 56.2 Å². The molecule has 0 radical (unpaired) electrons. The Balaban J connectivity index is 1.72. The molecule has 2 aromatic rings. The van der Waals surface area contributed by atoms with Gasteiger partial charge in [0.1, 0.15) is 5.75 Å². The minimum Gasteiger partial charge on any atom is -0.481 e. The zero-order valence-electron chi connectivity index (χ0n) is 21.3. The van der Waals surface area contributed by atoms with Crippen LogP contribution in [0.15, 0.2) is 47.4 Å². The summed E-state index contributed by atoms with van der Waals surface area (Å²) in [7, 11) is -3.67. The topological polar surface area (TPSA) is 116 Å². The highest BCUT2D eigenvalue weighted by Gasteiger charge is 2.29. The highest BCUT2D eigenvalue weighted by molar-refractivity contribution is 7.92. The van der Waals surface area contributed by atoms with Crippen molar-refractivity contribution >= 4 is 37.3 Å². The van der Waals surface area contributed by atoms with Crippen molar-refractivity contribution in [2.24, 2.45) is 0 Å². The lowest BCUT2D eigenvalue weighted by Crippen LogP contribution is -2.47. The Labute approximate surface area is 213 Å². The summed E-state index contributed by atoms with van der Waals surface area (Å²) >= 11 is 0. The first-order valence-corrected chi connectivity index (χ1v) is 14.9. The molecule has 0 bridgehead atoms. The van der Waals surface area contributed by atoms with Crippen LogP contribution in [-0.4, -0.2) is 84.6 Å². The van der Waals surface area contributed by atoms with E-state index in [1.807, 2.05) is 7.05 Å². The van der Waals surface area contributed by atoms with Crippen LogP contribution in [0.2, 0.25) is 0 Å². The van der Waals surface area contributed by atoms with Crippen LogP contribution in [0.4, 0.5) is 11.4 Å². The number of benzene rings is 2. The number of likely N-dealkylation sites (N-methyl/N-ethyl adjacent to an activating group) is 1. The van der Waals surface area contributed by atoms with E-state index in [4.69, 9.17) is 4.74 Å². The second kappa shape index (κ2) is 11.2. The average molecular weight is 539 g/mol. The molecule has 0 aliphatic carbocycles. The summed E-state index contributed by atoms with van der Waals surface area (Å²) in [5.74, 6) is -0.00785. The zero-order valence-corrected chi connectivity index (χ0v) is 22.9. The molecule has 1 atom stereocenters. The molecule has 0 unspecified atom stereocenters. The highest BCUT2D eigenvalue weighted by Crippen LogP contribution is 2.26. The Morgan fingerprint density at radius 3 is 2.22 bits per heavy atom. The van der Waals surface area contributed by atoms with Crippen molar-refractivity contribution in [3.05, 3.63) is 48.0 Å². The summed E-state index contributed by atoms with van der Waals surface area (Å²) in [4.78, 5) is 15.2. The average Bonchev–Trinajstić information content (AvgIpc) is 2.83. The van der Waals surface area contributed by atoms with Crippen molar-refractivity contribution in [3.8, 4) is 5.75 Å². The van der Waals surface area contributed by atoms with Crippen LogP contribution < -0.4 is 14.4 Å². The molecular weight excluding hydrogens is 504 g/mol. The van der Waals surface area contributed by atoms with E-state index >= 15 is 0 Å². The molecular formula is C24H34N4O6S2. The van der Waals surface area contributed by atoms with Gasteiger partial charge in [-0.1, -0.05) is 13.0 Å². The number of sulfonamides is 2. The fraction of sp³-hybridized carbons (Fsp3) is 0.458. The predicted octanol–water partition coefficient (Wildman–Crippen LogP) is 2.12. The third-order valence-corrected chi connectivity index (χ3v) is 9.42. The number of hydrogen-bond acceptors (Lipinski definition) is 7. The largest absolute Gasteiger partial charge is 0.481 e. The SMILES string of the molecule is CC[C@@H](Oc1ccc(N(C)S(C)(=O)=O)cc1)C(=O)Nc1ccc(C)c(S(=O)(=O)N2CCN(C)CC2)c1. The maximum Gasteiger partial charge on any atom is 0.265 e. The third kappa shape index (κ3) is 6.55. The number of rotatable bonds is 9. The summed E-state index contributed by atoms with van der Waals surface area (Å²) in [5.41, 5.74) is 1.44. The Hall–Kier alpha value is -2.67. The molecule has 1 amide bonds. The van der Waals surface area contributed by atoms with E-state index < -0.39 is 32.1 Å². The molecule has 0 saturated carbocycles. The molecule has 0 aromatic heterocycles. The number of ether oxygens (including phenoxy) is 1. The van der Waals surface area contributed by atoms with Gasteiger partial charge in [-0.15, -0.1) is 0 Å². The predicted molar refractivity (Wildman–Crippen MR) is 140 cm³/mol. The van der Waals surface area contributed by atoms with Gasteiger partial charge in [0.15, 0.2) is 6.10 Å². The summed E-state index contributed by atoms with van der Waals surface area (Å²) in [5, 5.41) is 2.77. The van der Waals surface area contributed by atoms with Crippen molar-refractivity contribution in [1.29, 1.82) is 0 Å². The molecule has 12 heteroatoms.